The number of carbonyl (C=O) groups is 2. The summed E-state index contributed by atoms with van der Waals surface area (Å²) in [5, 5.41) is 5.23. The van der Waals surface area contributed by atoms with E-state index in [4.69, 9.17) is 0 Å². The normalized spacial score (nSPS) is 9.78. The van der Waals surface area contributed by atoms with Crippen LogP contribution in [0, 0.1) is 13.8 Å². The molecule has 2 N–H and O–H groups in total. The molecule has 0 aliphatic carbocycles. The first-order chi connectivity index (χ1) is 8.45. The number of rotatable bonds is 2. The molecular formula is C13H19N3O2. The number of benzene rings is 1. The number of anilines is 1. The number of aryl methyl sites for hydroxylation is 2. The van der Waals surface area contributed by atoms with Gasteiger partial charge in [0.05, 0.1) is 0 Å². The quantitative estimate of drug-likeness (QED) is 0.846. The predicted octanol–water partition coefficient (Wildman–Crippen LogP) is 2.50. The van der Waals surface area contributed by atoms with Crippen LogP contribution in [-0.2, 0) is 0 Å². The van der Waals surface area contributed by atoms with Crippen molar-refractivity contribution in [2.24, 2.45) is 0 Å². The Morgan fingerprint density at radius 3 is 2.39 bits per heavy atom. The van der Waals surface area contributed by atoms with E-state index >= 15 is 0 Å². The average Bonchev–Trinajstić information content (AvgIpc) is 2.33. The van der Waals surface area contributed by atoms with Gasteiger partial charge in [0, 0.05) is 19.3 Å². The lowest BCUT2D eigenvalue weighted by atomic mass is 10.1. The molecule has 1 rings (SSSR count). The third kappa shape index (κ3) is 3.48. The van der Waals surface area contributed by atoms with Crippen molar-refractivity contribution in [2.75, 3.05) is 18.9 Å². The maximum Gasteiger partial charge on any atom is 0.329 e. The number of carbonyl (C=O) groups excluding carboxylic acids is 2. The second-order valence-corrected chi connectivity index (χ2v) is 4.12. The van der Waals surface area contributed by atoms with E-state index in [1.54, 1.807) is 6.92 Å². The molecule has 0 aliphatic heterocycles. The van der Waals surface area contributed by atoms with E-state index in [1.807, 2.05) is 32.0 Å². The highest BCUT2D eigenvalue weighted by Crippen LogP contribution is 2.14. The molecule has 0 bridgehead atoms. The Morgan fingerprint density at radius 1 is 1.17 bits per heavy atom. The zero-order valence-corrected chi connectivity index (χ0v) is 11.2. The Morgan fingerprint density at radius 2 is 1.83 bits per heavy atom. The fraction of sp³-hybridized carbons (Fsp3) is 0.385. The lowest BCUT2D eigenvalue weighted by Crippen LogP contribution is -2.43. The van der Waals surface area contributed by atoms with Gasteiger partial charge in [-0.25, -0.2) is 14.5 Å². The zero-order valence-electron chi connectivity index (χ0n) is 11.2. The first kappa shape index (κ1) is 14.0. The van der Waals surface area contributed by atoms with E-state index in [1.165, 1.54) is 7.05 Å². The van der Waals surface area contributed by atoms with Gasteiger partial charge in [-0.3, -0.25) is 0 Å². The van der Waals surface area contributed by atoms with Crippen LogP contribution in [-0.4, -0.2) is 30.6 Å². The molecule has 0 atom stereocenters. The summed E-state index contributed by atoms with van der Waals surface area (Å²) < 4.78 is 0. The third-order valence-electron chi connectivity index (χ3n) is 2.70. The van der Waals surface area contributed by atoms with Crippen LogP contribution in [0.1, 0.15) is 18.1 Å². The van der Waals surface area contributed by atoms with E-state index in [-0.39, 0.29) is 0 Å². The molecule has 98 valence electrons. The Balaban J connectivity index is 2.69. The lowest BCUT2D eigenvalue weighted by molar-refractivity contribution is 0.202. The SMILES string of the molecule is CCNC(=O)N(C)C(=O)Nc1ccc(C)c(C)c1. The highest BCUT2D eigenvalue weighted by molar-refractivity contribution is 6.00. The van der Waals surface area contributed by atoms with Crippen LogP contribution in [0.4, 0.5) is 15.3 Å². The van der Waals surface area contributed by atoms with Gasteiger partial charge in [-0.2, -0.15) is 0 Å². The molecule has 0 radical (unpaired) electrons. The average molecular weight is 249 g/mol. The summed E-state index contributed by atoms with van der Waals surface area (Å²) in [6.45, 7) is 6.26. The van der Waals surface area contributed by atoms with Crippen LogP contribution in [0.5, 0.6) is 0 Å². The van der Waals surface area contributed by atoms with Gasteiger partial charge in [-0.1, -0.05) is 6.07 Å². The van der Waals surface area contributed by atoms with Crippen molar-refractivity contribution in [3.8, 4) is 0 Å². The molecule has 0 aromatic heterocycles. The Hall–Kier alpha value is -2.04. The van der Waals surface area contributed by atoms with E-state index in [2.05, 4.69) is 10.6 Å². The predicted molar refractivity (Wildman–Crippen MR) is 71.8 cm³/mol. The minimum absolute atomic E-state index is 0.418. The number of hydrogen-bond acceptors (Lipinski definition) is 2. The highest BCUT2D eigenvalue weighted by Gasteiger charge is 2.15. The van der Waals surface area contributed by atoms with Crippen molar-refractivity contribution in [3.63, 3.8) is 0 Å². The number of nitrogens with zero attached hydrogens (tertiary/aromatic N) is 1. The molecule has 0 unspecified atom stereocenters. The summed E-state index contributed by atoms with van der Waals surface area (Å²) >= 11 is 0. The zero-order chi connectivity index (χ0) is 13.7. The van der Waals surface area contributed by atoms with Crippen molar-refractivity contribution in [2.45, 2.75) is 20.8 Å². The first-order valence-electron chi connectivity index (χ1n) is 5.85. The van der Waals surface area contributed by atoms with Gasteiger partial charge >= 0.3 is 12.1 Å². The van der Waals surface area contributed by atoms with Crippen molar-refractivity contribution >= 4 is 17.7 Å². The summed E-state index contributed by atoms with van der Waals surface area (Å²) in [6.07, 6.45) is 0. The Labute approximate surface area is 107 Å². The maximum absolute atomic E-state index is 11.8. The van der Waals surface area contributed by atoms with Crippen molar-refractivity contribution in [1.29, 1.82) is 0 Å². The number of nitrogens with one attached hydrogen (secondary N) is 2. The van der Waals surface area contributed by atoms with E-state index in [0.717, 1.165) is 16.0 Å². The molecule has 0 spiro atoms. The molecule has 0 saturated carbocycles. The van der Waals surface area contributed by atoms with Gasteiger partial charge in [0.25, 0.3) is 0 Å². The molecule has 18 heavy (non-hydrogen) atoms. The van der Waals surface area contributed by atoms with E-state index < -0.39 is 12.1 Å². The maximum atomic E-state index is 11.8. The minimum atomic E-state index is -0.454. The van der Waals surface area contributed by atoms with Crippen molar-refractivity contribution in [3.05, 3.63) is 29.3 Å². The summed E-state index contributed by atoms with van der Waals surface area (Å²) in [6, 6.07) is 4.74. The molecule has 1 aromatic carbocycles. The topological polar surface area (TPSA) is 61.4 Å². The van der Waals surface area contributed by atoms with Gasteiger partial charge in [0.15, 0.2) is 0 Å². The summed E-state index contributed by atoms with van der Waals surface area (Å²) in [4.78, 5) is 24.2. The molecule has 1 aromatic rings. The van der Waals surface area contributed by atoms with E-state index in [9.17, 15) is 9.59 Å². The molecule has 0 saturated heterocycles. The summed E-state index contributed by atoms with van der Waals surface area (Å²) in [5.74, 6) is 0. The van der Waals surface area contributed by atoms with Crippen LogP contribution >= 0.6 is 0 Å². The van der Waals surface area contributed by atoms with Gasteiger partial charge in [0.1, 0.15) is 0 Å². The molecule has 5 nitrogen and oxygen atoms in total. The lowest BCUT2D eigenvalue weighted by Gasteiger charge is -2.16. The standard InChI is InChI=1S/C13H19N3O2/c1-5-14-12(17)16(4)13(18)15-11-7-6-9(2)10(3)8-11/h6-8H,5H2,1-4H3,(H,14,17)(H,15,18). The number of urea groups is 2. The molecule has 0 fully saturated rings. The summed E-state index contributed by atoms with van der Waals surface area (Å²) in [5.41, 5.74) is 2.93. The van der Waals surface area contributed by atoms with Gasteiger partial charge < -0.3 is 10.6 Å². The van der Waals surface area contributed by atoms with Crippen LogP contribution in [0.3, 0.4) is 0 Å². The minimum Gasteiger partial charge on any atom is -0.338 e. The van der Waals surface area contributed by atoms with Crippen molar-refractivity contribution in [1.82, 2.24) is 10.2 Å². The molecule has 4 amide bonds. The first-order valence-corrected chi connectivity index (χ1v) is 5.85. The van der Waals surface area contributed by atoms with Gasteiger partial charge in [-0.05, 0) is 44.0 Å². The molecular weight excluding hydrogens is 230 g/mol. The third-order valence-corrected chi connectivity index (χ3v) is 2.70. The Bertz CT molecular complexity index is 458. The van der Waals surface area contributed by atoms with E-state index in [0.29, 0.717) is 12.2 Å². The Kier molecular flexibility index (Phi) is 4.71. The second-order valence-electron chi connectivity index (χ2n) is 4.12. The van der Waals surface area contributed by atoms with Gasteiger partial charge in [0.2, 0.25) is 0 Å². The highest BCUT2D eigenvalue weighted by atomic mass is 16.2. The van der Waals surface area contributed by atoms with Crippen LogP contribution in [0.2, 0.25) is 0 Å². The second kappa shape index (κ2) is 6.05. The molecule has 0 aliphatic rings. The largest absolute Gasteiger partial charge is 0.338 e. The van der Waals surface area contributed by atoms with Crippen LogP contribution in [0.25, 0.3) is 0 Å². The fourth-order valence-electron chi connectivity index (χ4n) is 1.39. The molecule has 0 heterocycles. The fourth-order valence-corrected chi connectivity index (χ4v) is 1.39. The van der Waals surface area contributed by atoms with Crippen LogP contribution < -0.4 is 10.6 Å². The number of hydrogen-bond donors (Lipinski definition) is 2. The molecule has 5 heteroatoms. The van der Waals surface area contributed by atoms with Gasteiger partial charge in [-0.15, -0.1) is 0 Å². The number of amides is 4. The van der Waals surface area contributed by atoms with Crippen molar-refractivity contribution < 1.29 is 9.59 Å². The monoisotopic (exact) mass is 249 g/mol. The number of imide groups is 1. The smallest absolute Gasteiger partial charge is 0.329 e. The summed E-state index contributed by atoms with van der Waals surface area (Å²) in [7, 11) is 1.43. The van der Waals surface area contributed by atoms with Crippen LogP contribution in [0.15, 0.2) is 18.2 Å².